The third-order valence-corrected chi connectivity index (χ3v) is 2.52. The smallest absolute Gasteiger partial charge is 0.315 e. The van der Waals surface area contributed by atoms with Gasteiger partial charge in [0.05, 0.1) is 6.42 Å². The minimum Gasteiger partial charge on any atom is -0.426 e. The molecular formula is C13H10BrNO2. The van der Waals surface area contributed by atoms with E-state index in [2.05, 4.69) is 20.9 Å². The molecule has 1 aromatic heterocycles. The maximum absolute atomic E-state index is 11.6. The molecule has 0 radical (unpaired) electrons. The van der Waals surface area contributed by atoms with E-state index in [1.165, 1.54) is 0 Å². The van der Waals surface area contributed by atoms with Crippen molar-refractivity contribution in [3.8, 4) is 5.75 Å². The summed E-state index contributed by atoms with van der Waals surface area (Å²) in [5.74, 6) is 0.261. The van der Waals surface area contributed by atoms with Gasteiger partial charge in [-0.3, -0.25) is 9.78 Å². The van der Waals surface area contributed by atoms with Crippen LogP contribution in [0.3, 0.4) is 0 Å². The van der Waals surface area contributed by atoms with Crippen LogP contribution in [0.4, 0.5) is 0 Å². The van der Waals surface area contributed by atoms with Crippen molar-refractivity contribution < 1.29 is 9.53 Å². The summed E-state index contributed by atoms with van der Waals surface area (Å²) in [6.45, 7) is 0. The number of halogens is 1. The van der Waals surface area contributed by atoms with Crippen LogP contribution in [-0.2, 0) is 11.2 Å². The Labute approximate surface area is 108 Å². The van der Waals surface area contributed by atoms with E-state index in [0.717, 1.165) is 10.0 Å². The predicted octanol–water partition coefficient (Wildman–Crippen LogP) is 2.99. The van der Waals surface area contributed by atoms with Gasteiger partial charge in [-0.1, -0.05) is 18.2 Å². The highest BCUT2D eigenvalue weighted by molar-refractivity contribution is 9.10. The number of esters is 1. The van der Waals surface area contributed by atoms with E-state index in [0.29, 0.717) is 5.75 Å². The van der Waals surface area contributed by atoms with Crippen LogP contribution in [-0.4, -0.2) is 11.0 Å². The first-order valence-electron chi connectivity index (χ1n) is 5.09. The number of hydrogen-bond donors (Lipinski definition) is 0. The monoisotopic (exact) mass is 291 g/mol. The lowest BCUT2D eigenvalue weighted by Crippen LogP contribution is -2.11. The highest BCUT2D eigenvalue weighted by atomic mass is 79.9. The van der Waals surface area contributed by atoms with Crippen molar-refractivity contribution in [3.63, 3.8) is 0 Å². The highest BCUT2D eigenvalue weighted by Gasteiger charge is 2.06. The van der Waals surface area contributed by atoms with Gasteiger partial charge in [-0.15, -0.1) is 0 Å². The molecule has 0 spiro atoms. The van der Waals surface area contributed by atoms with Gasteiger partial charge in [-0.2, -0.15) is 0 Å². The highest BCUT2D eigenvalue weighted by Crippen LogP contribution is 2.12. The summed E-state index contributed by atoms with van der Waals surface area (Å²) < 4.78 is 6.03. The van der Waals surface area contributed by atoms with Gasteiger partial charge < -0.3 is 4.74 Å². The number of rotatable bonds is 3. The van der Waals surface area contributed by atoms with Crippen molar-refractivity contribution in [2.75, 3.05) is 0 Å². The van der Waals surface area contributed by atoms with Gasteiger partial charge in [0, 0.05) is 16.9 Å². The Morgan fingerprint density at radius 3 is 2.71 bits per heavy atom. The van der Waals surface area contributed by atoms with Gasteiger partial charge in [0.25, 0.3) is 0 Å². The first-order chi connectivity index (χ1) is 8.24. The summed E-state index contributed by atoms with van der Waals surface area (Å²) in [6, 6.07) is 10.9. The molecule has 2 aromatic rings. The van der Waals surface area contributed by atoms with Crippen LogP contribution < -0.4 is 4.74 Å². The SMILES string of the molecule is O=C(Cc1cncc(Br)c1)Oc1ccccc1. The van der Waals surface area contributed by atoms with Gasteiger partial charge in [-0.05, 0) is 39.7 Å². The average molecular weight is 292 g/mol. The molecule has 0 fully saturated rings. The summed E-state index contributed by atoms with van der Waals surface area (Å²) >= 11 is 3.30. The Bertz CT molecular complexity index is 514. The van der Waals surface area contributed by atoms with Crippen LogP contribution in [0.25, 0.3) is 0 Å². The Morgan fingerprint density at radius 2 is 2.00 bits per heavy atom. The van der Waals surface area contributed by atoms with Crippen molar-refractivity contribution in [1.29, 1.82) is 0 Å². The van der Waals surface area contributed by atoms with E-state index >= 15 is 0 Å². The summed E-state index contributed by atoms with van der Waals surface area (Å²) in [4.78, 5) is 15.6. The van der Waals surface area contributed by atoms with Crippen LogP contribution in [0.2, 0.25) is 0 Å². The number of carbonyl (C=O) groups excluding carboxylic acids is 1. The van der Waals surface area contributed by atoms with E-state index in [-0.39, 0.29) is 12.4 Å². The molecule has 0 aliphatic heterocycles. The summed E-state index contributed by atoms with van der Waals surface area (Å²) in [5.41, 5.74) is 0.820. The fourth-order valence-corrected chi connectivity index (χ4v) is 1.79. The number of pyridine rings is 1. The van der Waals surface area contributed by atoms with Crippen LogP contribution in [0.1, 0.15) is 5.56 Å². The molecular weight excluding hydrogens is 282 g/mol. The van der Waals surface area contributed by atoms with Gasteiger partial charge in [0.2, 0.25) is 0 Å². The topological polar surface area (TPSA) is 39.2 Å². The standard InChI is InChI=1S/C13H10BrNO2/c14-11-6-10(8-15-9-11)7-13(16)17-12-4-2-1-3-5-12/h1-6,8-9H,7H2. The van der Waals surface area contributed by atoms with Crippen LogP contribution >= 0.6 is 15.9 Å². The number of hydrogen-bond acceptors (Lipinski definition) is 3. The van der Waals surface area contributed by atoms with Crippen molar-refractivity contribution >= 4 is 21.9 Å². The summed E-state index contributed by atoms with van der Waals surface area (Å²) in [7, 11) is 0. The molecule has 1 heterocycles. The molecule has 0 atom stereocenters. The van der Waals surface area contributed by atoms with E-state index in [9.17, 15) is 4.79 Å². The summed E-state index contributed by atoms with van der Waals surface area (Å²) in [5, 5.41) is 0. The molecule has 0 saturated carbocycles. The predicted molar refractivity (Wildman–Crippen MR) is 67.7 cm³/mol. The quantitative estimate of drug-likeness (QED) is 0.645. The van der Waals surface area contributed by atoms with Crippen LogP contribution in [0.5, 0.6) is 5.75 Å². The molecule has 86 valence electrons. The lowest BCUT2D eigenvalue weighted by atomic mass is 10.2. The Morgan fingerprint density at radius 1 is 1.24 bits per heavy atom. The Balaban J connectivity index is 1.98. The third kappa shape index (κ3) is 3.67. The number of para-hydroxylation sites is 1. The summed E-state index contributed by atoms with van der Waals surface area (Å²) in [6.07, 6.45) is 3.53. The van der Waals surface area contributed by atoms with Gasteiger partial charge >= 0.3 is 5.97 Å². The van der Waals surface area contributed by atoms with Crippen LogP contribution in [0, 0.1) is 0 Å². The molecule has 0 aliphatic rings. The maximum atomic E-state index is 11.6. The Kier molecular flexibility index (Phi) is 3.88. The third-order valence-electron chi connectivity index (χ3n) is 2.08. The molecule has 0 bridgehead atoms. The first kappa shape index (κ1) is 11.8. The minimum atomic E-state index is -0.295. The van der Waals surface area contributed by atoms with E-state index in [1.54, 1.807) is 24.5 Å². The molecule has 0 aliphatic carbocycles. The molecule has 17 heavy (non-hydrogen) atoms. The maximum Gasteiger partial charge on any atom is 0.315 e. The first-order valence-corrected chi connectivity index (χ1v) is 5.88. The second kappa shape index (κ2) is 5.59. The van der Waals surface area contributed by atoms with Crippen molar-refractivity contribution in [2.45, 2.75) is 6.42 Å². The average Bonchev–Trinajstić information content (AvgIpc) is 2.30. The molecule has 4 heteroatoms. The normalized spacial score (nSPS) is 9.94. The lowest BCUT2D eigenvalue weighted by Gasteiger charge is -2.03. The van der Waals surface area contributed by atoms with Crippen LogP contribution in [0.15, 0.2) is 53.3 Å². The second-order valence-corrected chi connectivity index (χ2v) is 4.39. The number of benzene rings is 1. The zero-order valence-electron chi connectivity index (χ0n) is 8.97. The van der Waals surface area contributed by atoms with Gasteiger partial charge in [0.15, 0.2) is 0 Å². The number of nitrogens with zero attached hydrogens (tertiary/aromatic N) is 1. The number of ether oxygens (including phenoxy) is 1. The lowest BCUT2D eigenvalue weighted by molar-refractivity contribution is -0.133. The van der Waals surface area contributed by atoms with Crippen molar-refractivity contribution in [2.24, 2.45) is 0 Å². The van der Waals surface area contributed by atoms with Gasteiger partial charge in [0.1, 0.15) is 5.75 Å². The largest absolute Gasteiger partial charge is 0.426 e. The zero-order valence-corrected chi connectivity index (χ0v) is 10.6. The van der Waals surface area contributed by atoms with E-state index in [4.69, 9.17) is 4.74 Å². The number of carbonyl (C=O) groups is 1. The second-order valence-electron chi connectivity index (χ2n) is 3.48. The molecule has 0 N–H and O–H groups in total. The Hall–Kier alpha value is -1.68. The fourth-order valence-electron chi connectivity index (χ4n) is 1.38. The number of aromatic nitrogens is 1. The fraction of sp³-hybridized carbons (Fsp3) is 0.0769. The molecule has 0 amide bonds. The minimum absolute atomic E-state index is 0.210. The molecule has 3 nitrogen and oxygen atoms in total. The van der Waals surface area contributed by atoms with E-state index < -0.39 is 0 Å². The van der Waals surface area contributed by atoms with Gasteiger partial charge in [-0.25, -0.2) is 0 Å². The zero-order chi connectivity index (χ0) is 12.1. The van der Waals surface area contributed by atoms with Crippen molar-refractivity contribution in [3.05, 3.63) is 58.8 Å². The van der Waals surface area contributed by atoms with Crippen molar-refractivity contribution in [1.82, 2.24) is 4.98 Å². The molecule has 0 unspecified atom stereocenters. The molecule has 0 saturated heterocycles. The molecule has 2 rings (SSSR count). The van der Waals surface area contributed by atoms with E-state index in [1.807, 2.05) is 24.3 Å². The molecule has 1 aromatic carbocycles.